The molecular formula is C18H17F2N3O3S. The molecule has 1 amide bonds. The highest BCUT2D eigenvalue weighted by atomic mass is 32.1. The van der Waals surface area contributed by atoms with Gasteiger partial charge in [0.25, 0.3) is 0 Å². The molecular weight excluding hydrogens is 376 g/mol. The van der Waals surface area contributed by atoms with Crippen LogP contribution in [-0.2, 0) is 17.6 Å². The second kappa shape index (κ2) is 9.22. The first kappa shape index (κ1) is 19.0. The van der Waals surface area contributed by atoms with Gasteiger partial charge in [0.1, 0.15) is 5.75 Å². The lowest BCUT2D eigenvalue weighted by atomic mass is 10.1. The normalized spacial score (nSPS) is 10.9. The van der Waals surface area contributed by atoms with Crippen molar-refractivity contribution >= 4 is 17.2 Å². The van der Waals surface area contributed by atoms with Crippen LogP contribution in [0.5, 0.6) is 5.75 Å². The number of amides is 1. The van der Waals surface area contributed by atoms with Crippen LogP contribution < -0.4 is 10.1 Å². The third kappa shape index (κ3) is 5.85. The molecule has 1 N–H and O–H groups in total. The van der Waals surface area contributed by atoms with Crippen LogP contribution in [0, 0.1) is 0 Å². The Labute approximate surface area is 158 Å². The van der Waals surface area contributed by atoms with Crippen LogP contribution in [0.4, 0.5) is 8.78 Å². The van der Waals surface area contributed by atoms with Crippen molar-refractivity contribution in [2.45, 2.75) is 25.9 Å². The third-order valence-corrected chi connectivity index (χ3v) is 4.53. The Bertz CT molecular complexity index is 851. The molecule has 0 saturated heterocycles. The number of carbonyl (C=O) groups excluding carboxylic acids is 1. The number of hydrogen-bond acceptors (Lipinski definition) is 6. The second-order valence-corrected chi connectivity index (χ2v) is 6.56. The number of carbonyl (C=O) groups is 1. The summed E-state index contributed by atoms with van der Waals surface area (Å²) >= 11 is 1.52. The Kier molecular flexibility index (Phi) is 6.48. The van der Waals surface area contributed by atoms with E-state index in [9.17, 15) is 13.6 Å². The predicted octanol–water partition coefficient (Wildman–Crippen LogP) is 3.69. The summed E-state index contributed by atoms with van der Waals surface area (Å²) in [6.07, 6.45) is 1.20. The van der Waals surface area contributed by atoms with Crippen LogP contribution in [0.3, 0.4) is 0 Å². The van der Waals surface area contributed by atoms with Gasteiger partial charge in [-0.05, 0) is 35.6 Å². The van der Waals surface area contributed by atoms with Crippen molar-refractivity contribution in [2.75, 3.05) is 6.54 Å². The first-order valence-electron chi connectivity index (χ1n) is 8.27. The number of benzene rings is 1. The number of aromatic nitrogens is 2. The number of rotatable bonds is 9. The summed E-state index contributed by atoms with van der Waals surface area (Å²) in [6.45, 7) is -2.39. The van der Waals surface area contributed by atoms with Crippen LogP contribution in [0.15, 0.2) is 46.3 Å². The van der Waals surface area contributed by atoms with E-state index in [4.69, 9.17) is 4.52 Å². The van der Waals surface area contributed by atoms with Crippen molar-refractivity contribution < 1.29 is 22.8 Å². The molecule has 0 unspecified atom stereocenters. The monoisotopic (exact) mass is 393 g/mol. The molecule has 0 fully saturated rings. The molecule has 142 valence electrons. The summed E-state index contributed by atoms with van der Waals surface area (Å²) in [5.41, 5.74) is 0.911. The smallest absolute Gasteiger partial charge is 0.387 e. The maximum Gasteiger partial charge on any atom is 0.387 e. The number of ether oxygens (including phenoxy) is 1. The molecule has 0 atom stereocenters. The summed E-state index contributed by atoms with van der Waals surface area (Å²) in [5.74, 6) is 0.936. The molecule has 0 radical (unpaired) electrons. The Morgan fingerprint density at radius 2 is 2.04 bits per heavy atom. The number of thiophene rings is 1. The Balaban J connectivity index is 1.37. The predicted molar refractivity (Wildman–Crippen MR) is 95.7 cm³/mol. The van der Waals surface area contributed by atoms with E-state index < -0.39 is 6.61 Å². The van der Waals surface area contributed by atoms with E-state index in [2.05, 4.69) is 20.2 Å². The van der Waals surface area contributed by atoms with Gasteiger partial charge in [0.15, 0.2) is 0 Å². The maximum absolute atomic E-state index is 12.1. The molecule has 2 heterocycles. The van der Waals surface area contributed by atoms with Gasteiger partial charge in [-0.25, -0.2) is 0 Å². The van der Waals surface area contributed by atoms with Crippen molar-refractivity contribution in [3.63, 3.8) is 0 Å². The van der Waals surface area contributed by atoms with Gasteiger partial charge in [-0.1, -0.05) is 23.4 Å². The van der Waals surface area contributed by atoms with Gasteiger partial charge in [-0.2, -0.15) is 13.8 Å². The highest BCUT2D eigenvalue weighted by Crippen LogP contribution is 2.21. The Hall–Kier alpha value is -2.81. The first-order chi connectivity index (χ1) is 13.1. The maximum atomic E-state index is 12.1. The van der Waals surface area contributed by atoms with E-state index in [0.717, 1.165) is 10.4 Å². The molecule has 0 spiro atoms. The van der Waals surface area contributed by atoms with Crippen molar-refractivity contribution in [2.24, 2.45) is 0 Å². The lowest BCUT2D eigenvalue weighted by Crippen LogP contribution is -2.25. The fraction of sp³-hybridized carbons (Fsp3) is 0.278. The molecule has 6 nitrogen and oxygen atoms in total. The van der Waals surface area contributed by atoms with Gasteiger partial charge in [0.2, 0.25) is 17.6 Å². The van der Waals surface area contributed by atoms with Gasteiger partial charge < -0.3 is 14.6 Å². The van der Waals surface area contributed by atoms with Gasteiger partial charge in [0, 0.05) is 19.4 Å². The molecule has 2 aromatic heterocycles. The van der Waals surface area contributed by atoms with Gasteiger partial charge in [0.05, 0.1) is 4.88 Å². The molecule has 0 aliphatic rings. The minimum atomic E-state index is -2.84. The van der Waals surface area contributed by atoms with Crippen LogP contribution >= 0.6 is 11.3 Å². The minimum absolute atomic E-state index is 0.110. The Morgan fingerprint density at radius 1 is 1.22 bits per heavy atom. The van der Waals surface area contributed by atoms with E-state index in [1.54, 1.807) is 12.1 Å². The molecule has 0 saturated carbocycles. The van der Waals surface area contributed by atoms with Crippen LogP contribution in [0.25, 0.3) is 10.7 Å². The molecule has 0 aliphatic carbocycles. The van der Waals surface area contributed by atoms with Crippen LogP contribution in [0.2, 0.25) is 0 Å². The zero-order chi connectivity index (χ0) is 19.1. The SMILES string of the molecule is O=C(CCc1nc(-c2cccs2)no1)NCCc1ccc(OC(F)F)cc1. The lowest BCUT2D eigenvalue weighted by Gasteiger charge is -2.07. The van der Waals surface area contributed by atoms with E-state index in [0.29, 0.717) is 31.1 Å². The van der Waals surface area contributed by atoms with E-state index in [-0.39, 0.29) is 18.1 Å². The van der Waals surface area contributed by atoms with Crippen LogP contribution in [-0.4, -0.2) is 29.2 Å². The first-order valence-corrected chi connectivity index (χ1v) is 9.15. The average Bonchev–Trinajstić information content (AvgIpc) is 3.32. The highest BCUT2D eigenvalue weighted by molar-refractivity contribution is 7.13. The van der Waals surface area contributed by atoms with Crippen LogP contribution in [0.1, 0.15) is 17.9 Å². The van der Waals surface area contributed by atoms with E-state index in [1.807, 2.05) is 17.5 Å². The molecule has 9 heteroatoms. The summed E-state index contributed by atoms with van der Waals surface area (Å²) in [5, 5.41) is 8.63. The largest absolute Gasteiger partial charge is 0.435 e. The van der Waals surface area contributed by atoms with Crippen molar-refractivity contribution in [3.05, 3.63) is 53.2 Å². The van der Waals surface area contributed by atoms with Gasteiger partial charge in [-0.15, -0.1) is 11.3 Å². The molecule has 27 heavy (non-hydrogen) atoms. The molecule has 1 aromatic carbocycles. The fourth-order valence-corrected chi connectivity index (χ4v) is 3.00. The number of nitrogens with one attached hydrogen (secondary N) is 1. The second-order valence-electron chi connectivity index (χ2n) is 5.61. The highest BCUT2D eigenvalue weighted by Gasteiger charge is 2.11. The molecule has 3 rings (SSSR count). The fourth-order valence-electron chi connectivity index (χ4n) is 2.35. The summed E-state index contributed by atoms with van der Waals surface area (Å²) in [7, 11) is 0. The molecule has 3 aromatic rings. The Morgan fingerprint density at radius 3 is 2.74 bits per heavy atom. The average molecular weight is 393 g/mol. The number of nitrogens with zero attached hydrogens (tertiary/aromatic N) is 2. The number of hydrogen-bond donors (Lipinski definition) is 1. The molecule has 0 bridgehead atoms. The van der Waals surface area contributed by atoms with Gasteiger partial charge in [-0.3, -0.25) is 4.79 Å². The molecule has 0 aliphatic heterocycles. The zero-order valence-electron chi connectivity index (χ0n) is 14.2. The standard InChI is InChI=1S/C18H17F2N3O3S/c19-18(20)25-13-5-3-12(4-6-13)9-10-21-15(24)7-8-16-22-17(23-26-16)14-2-1-11-27-14/h1-6,11,18H,7-10H2,(H,21,24). The minimum Gasteiger partial charge on any atom is -0.435 e. The topological polar surface area (TPSA) is 77.2 Å². The quantitative estimate of drug-likeness (QED) is 0.600. The van der Waals surface area contributed by atoms with E-state index >= 15 is 0 Å². The zero-order valence-corrected chi connectivity index (χ0v) is 15.0. The van der Waals surface area contributed by atoms with Crippen molar-refractivity contribution in [1.29, 1.82) is 0 Å². The van der Waals surface area contributed by atoms with E-state index in [1.165, 1.54) is 23.5 Å². The van der Waals surface area contributed by atoms with Crippen molar-refractivity contribution in [1.82, 2.24) is 15.5 Å². The number of alkyl halides is 2. The summed E-state index contributed by atoms with van der Waals surface area (Å²) < 4.78 is 33.6. The number of halogens is 2. The van der Waals surface area contributed by atoms with Crippen molar-refractivity contribution in [3.8, 4) is 16.5 Å². The lowest BCUT2D eigenvalue weighted by molar-refractivity contribution is -0.121. The summed E-state index contributed by atoms with van der Waals surface area (Å²) in [6, 6.07) is 10.1. The third-order valence-electron chi connectivity index (χ3n) is 3.66. The van der Waals surface area contributed by atoms with Gasteiger partial charge >= 0.3 is 6.61 Å². The summed E-state index contributed by atoms with van der Waals surface area (Å²) in [4.78, 5) is 17.1. The number of aryl methyl sites for hydroxylation is 1.